The molecule has 1 saturated heterocycles. The molecule has 0 bridgehead atoms. The SMILES string of the molecule is Nc1ncnc2c1ncn2[C@@H]1O[C@H](CO)C[C@@H]1Cl. The van der Waals surface area contributed by atoms with Crippen LogP contribution < -0.4 is 5.73 Å². The van der Waals surface area contributed by atoms with E-state index in [4.69, 9.17) is 27.2 Å². The number of nitrogens with two attached hydrogens (primary N) is 1. The molecular weight excluding hydrogens is 258 g/mol. The predicted octanol–water partition coefficient (Wildman–Crippen LogP) is 0.296. The molecule has 1 aliphatic rings. The molecular formula is C10H12ClN5O2. The third-order valence-electron chi connectivity index (χ3n) is 2.99. The van der Waals surface area contributed by atoms with Gasteiger partial charge in [0.2, 0.25) is 0 Å². The maximum Gasteiger partial charge on any atom is 0.167 e. The third-order valence-corrected chi connectivity index (χ3v) is 3.39. The van der Waals surface area contributed by atoms with Crippen molar-refractivity contribution in [3.63, 3.8) is 0 Å². The highest BCUT2D eigenvalue weighted by Crippen LogP contribution is 2.34. The molecule has 0 spiro atoms. The summed E-state index contributed by atoms with van der Waals surface area (Å²) in [6.45, 7) is -0.0521. The fourth-order valence-corrected chi connectivity index (χ4v) is 2.50. The Morgan fingerprint density at radius 2 is 2.33 bits per heavy atom. The van der Waals surface area contributed by atoms with E-state index in [1.165, 1.54) is 6.33 Å². The van der Waals surface area contributed by atoms with Gasteiger partial charge in [-0.3, -0.25) is 4.57 Å². The molecule has 0 aromatic carbocycles. The summed E-state index contributed by atoms with van der Waals surface area (Å²) in [6.07, 6.45) is 2.88. The molecule has 0 saturated carbocycles. The summed E-state index contributed by atoms with van der Waals surface area (Å²) in [5, 5.41) is 8.86. The zero-order valence-corrected chi connectivity index (χ0v) is 10.2. The molecule has 3 N–H and O–H groups in total. The van der Waals surface area contributed by atoms with E-state index in [1.54, 1.807) is 10.9 Å². The standard InChI is InChI=1S/C10H12ClN5O2/c11-6-1-5(2-17)18-10(6)16-4-15-7-8(12)13-3-14-9(7)16/h3-6,10,17H,1-2H2,(H2,12,13,14)/t5-,6-,10+/m0/s1. The number of aromatic nitrogens is 4. The molecule has 96 valence electrons. The lowest BCUT2D eigenvalue weighted by atomic mass is 10.2. The lowest BCUT2D eigenvalue weighted by molar-refractivity contribution is -0.0199. The molecule has 8 heteroatoms. The number of halogens is 1. The number of hydrogen-bond donors (Lipinski definition) is 2. The van der Waals surface area contributed by atoms with E-state index in [-0.39, 0.29) is 18.1 Å². The number of imidazole rings is 1. The molecule has 18 heavy (non-hydrogen) atoms. The molecule has 3 heterocycles. The summed E-state index contributed by atoms with van der Waals surface area (Å²) < 4.78 is 7.38. The Hall–Kier alpha value is -1.44. The van der Waals surface area contributed by atoms with Crippen molar-refractivity contribution in [1.82, 2.24) is 19.5 Å². The van der Waals surface area contributed by atoms with Gasteiger partial charge in [0.25, 0.3) is 0 Å². The predicted molar refractivity (Wildman–Crippen MR) is 65.0 cm³/mol. The van der Waals surface area contributed by atoms with Gasteiger partial charge in [0, 0.05) is 0 Å². The van der Waals surface area contributed by atoms with Crippen LogP contribution in [0.3, 0.4) is 0 Å². The molecule has 3 atom stereocenters. The Balaban J connectivity index is 2.02. The lowest BCUT2D eigenvalue weighted by Gasteiger charge is -2.15. The fourth-order valence-electron chi connectivity index (χ4n) is 2.12. The highest BCUT2D eigenvalue weighted by molar-refractivity contribution is 6.21. The molecule has 2 aromatic heterocycles. The highest BCUT2D eigenvalue weighted by Gasteiger charge is 2.35. The molecule has 0 radical (unpaired) electrons. The molecule has 2 aromatic rings. The largest absolute Gasteiger partial charge is 0.394 e. The van der Waals surface area contributed by atoms with Crippen molar-refractivity contribution in [1.29, 1.82) is 0 Å². The van der Waals surface area contributed by atoms with Crippen LogP contribution in [0.25, 0.3) is 11.2 Å². The summed E-state index contributed by atoms with van der Waals surface area (Å²) in [5.41, 5.74) is 6.82. The first-order chi connectivity index (χ1) is 8.70. The molecule has 1 fully saturated rings. The van der Waals surface area contributed by atoms with Crippen LogP contribution in [0, 0.1) is 0 Å². The van der Waals surface area contributed by atoms with Gasteiger partial charge >= 0.3 is 0 Å². The minimum absolute atomic E-state index is 0.0521. The summed E-state index contributed by atoms with van der Waals surface area (Å²) in [6, 6.07) is 0. The molecule has 7 nitrogen and oxygen atoms in total. The van der Waals surface area contributed by atoms with E-state index >= 15 is 0 Å². The first-order valence-corrected chi connectivity index (χ1v) is 5.97. The van der Waals surface area contributed by atoms with Gasteiger partial charge < -0.3 is 15.6 Å². The average molecular weight is 270 g/mol. The van der Waals surface area contributed by atoms with Gasteiger partial charge in [-0.2, -0.15) is 0 Å². The number of fused-ring (bicyclic) bond motifs is 1. The first-order valence-electron chi connectivity index (χ1n) is 5.54. The number of nitrogens with zero attached hydrogens (tertiary/aromatic N) is 4. The average Bonchev–Trinajstić information content (AvgIpc) is 2.93. The molecule has 1 aliphatic heterocycles. The number of nitrogen functional groups attached to an aromatic ring is 1. The van der Waals surface area contributed by atoms with E-state index in [1.807, 2.05) is 0 Å². The quantitative estimate of drug-likeness (QED) is 0.761. The second-order valence-corrected chi connectivity index (χ2v) is 4.73. The van der Waals surface area contributed by atoms with Gasteiger partial charge in [-0.1, -0.05) is 0 Å². The highest BCUT2D eigenvalue weighted by atomic mass is 35.5. The summed E-state index contributed by atoms with van der Waals surface area (Å²) in [5.74, 6) is 0.321. The fraction of sp³-hybridized carbons (Fsp3) is 0.500. The minimum Gasteiger partial charge on any atom is -0.394 e. The van der Waals surface area contributed by atoms with E-state index in [0.29, 0.717) is 23.4 Å². The number of alkyl halides is 1. The topological polar surface area (TPSA) is 99.1 Å². The van der Waals surface area contributed by atoms with Gasteiger partial charge in [0.15, 0.2) is 17.7 Å². The van der Waals surface area contributed by atoms with Gasteiger partial charge in [0.1, 0.15) is 11.8 Å². The molecule has 3 rings (SSSR count). The summed E-state index contributed by atoms with van der Waals surface area (Å²) in [7, 11) is 0. The Kier molecular flexibility index (Phi) is 2.81. The van der Waals surface area contributed by atoms with Crippen LogP contribution in [0.1, 0.15) is 12.6 Å². The van der Waals surface area contributed by atoms with Gasteiger partial charge in [-0.05, 0) is 6.42 Å². The Morgan fingerprint density at radius 1 is 1.50 bits per heavy atom. The van der Waals surface area contributed by atoms with Gasteiger partial charge in [0.05, 0.1) is 24.4 Å². The zero-order chi connectivity index (χ0) is 12.7. The van der Waals surface area contributed by atoms with Crippen molar-refractivity contribution in [3.05, 3.63) is 12.7 Å². The molecule has 0 unspecified atom stereocenters. The number of ether oxygens (including phenoxy) is 1. The van der Waals surface area contributed by atoms with Crippen LogP contribution in [0.5, 0.6) is 0 Å². The van der Waals surface area contributed by atoms with Crippen molar-refractivity contribution in [2.45, 2.75) is 24.1 Å². The monoisotopic (exact) mass is 269 g/mol. The van der Waals surface area contributed by atoms with E-state index in [0.717, 1.165) is 0 Å². The maximum atomic E-state index is 9.10. The van der Waals surface area contributed by atoms with Crippen LogP contribution >= 0.6 is 11.6 Å². The van der Waals surface area contributed by atoms with Crippen molar-refractivity contribution in [2.75, 3.05) is 12.3 Å². The first kappa shape index (κ1) is 11.6. The van der Waals surface area contributed by atoms with Crippen molar-refractivity contribution in [2.24, 2.45) is 0 Å². The van der Waals surface area contributed by atoms with Crippen LogP contribution in [-0.4, -0.2) is 42.7 Å². The van der Waals surface area contributed by atoms with Crippen LogP contribution in [-0.2, 0) is 4.74 Å². The Bertz CT molecular complexity index is 574. The van der Waals surface area contributed by atoms with Crippen LogP contribution in [0.4, 0.5) is 5.82 Å². The second-order valence-electron chi connectivity index (χ2n) is 4.17. The van der Waals surface area contributed by atoms with E-state index < -0.39 is 6.23 Å². The Labute approximate surface area is 108 Å². The lowest BCUT2D eigenvalue weighted by Crippen LogP contribution is -2.16. The Morgan fingerprint density at radius 3 is 3.06 bits per heavy atom. The number of aliphatic hydroxyl groups excluding tert-OH is 1. The molecule has 0 aliphatic carbocycles. The number of hydrogen-bond acceptors (Lipinski definition) is 6. The van der Waals surface area contributed by atoms with Gasteiger partial charge in [-0.25, -0.2) is 15.0 Å². The van der Waals surface area contributed by atoms with E-state index in [2.05, 4.69) is 15.0 Å². The number of rotatable bonds is 2. The molecule has 0 amide bonds. The minimum atomic E-state index is -0.400. The third kappa shape index (κ3) is 1.71. The van der Waals surface area contributed by atoms with Crippen molar-refractivity contribution < 1.29 is 9.84 Å². The maximum absolute atomic E-state index is 9.10. The van der Waals surface area contributed by atoms with Crippen molar-refractivity contribution >= 4 is 28.6 Å². The number of aliphatic hydroxyl groups is 1. The second kappa shape index (κ2) is 4.34. The zero-order valence-electron chi connectivity index (χ0n) is 9.40. The van der Waals surface area contributed by atoms with Gasteiger partial charge in [-0.15, -0.1) is 11.6 Å². The smallest absolute Gasteiger partial charge is 0.167 e. The van der Waals surface area contributed by atoms with Crippen LogP contribution in [0.2, 0.25) is 0 Å². The van der Waals surface area contributed by atoms with E-state index in [9.17, 15) is 0 Å². The summed E-state index contributed by atoms with van der Waals surface area (Å²) >= 11 is 6.22. The van der Waals surface area contributed by atoms with Crippen molar-refractivity contribution in [3.8, 4) is 0 Å². The van der Waals surface area contributed by atoms with Crippen LogP contribution in [0.15, 0.2) is 12.7 Å². The number of anilines is 1. The normalized spacial score (nSPS) is 28.0. The summed E-state index contributed by atoms with van der Waals surface area (Å²) in [4.78, 5) is 12.2.